The van der Waals surface area contributed by atoms with Gasteiger partial charge < -0.3 is 10.1 Å². The molecule has 106 valence electrons. The Morgan fingerprint density at radius 2 is 2.25 bits per heavy atom. The Hall–Kier alpha value is -1.80. The molecule has 0 saturated carbocycles. The number of ketones is 1. The fraction of sp³-hybridized carbons (Fsp3) is 0.333. The highest BCUT2D eigenvalue weighted by Crippen LogP contribution is 2.25. The molecule has 0 amide bonds. The van der Waals surface area contributed by atoms with Crippen molar-refractivity contribution in [2.24, 2.45) is 0 Å². The van der Waals surface area contributed by atoms with E-state index in [0.29, 0.717) is 16.6 Å². The number of hydrogen-bond acceptors (Lipinski definition) is 8. The molecule has 0 aliphatic heterocycles. The molecule has 2 rings (SSSR count). The van der Waals surface area contributed by atoms with Gasteiger partial charge in [0, 0.05) is 18.5 Å². The molecule has 0 unspecified atom stereocenters. The number of anilines is 1. The predicted molar refractivity (Wildman–Crippen MR) is 77.5 cm³/mol. The number of nitrogens with zero attached hydrogens (tertiary/aromatic N) is 2. The van der Waals surface area contributed by atoms with Crippen LogP contribution < -0.4 is 5.32 Å². The van der Waals surface area contributed by atoms with E-state index in [1.165, 1.54) is 18.3 Å². The molecular weight excluding hydrogens is 298 g/mol. The van der Waals surface area contributed by atoms with Gasteiger partial charge in [-0.3, -0.25) is 4.79 Å². The normalized spacial score (nSPS) is 10.3. The van der Waals surface area contributed by atoms with E-state index in [1.54, 1.807) is 13.1 Å². The Labute approximate surface area is 123 Å². The Balaban J connectivity index is 2.16. The van der Waals surface area contributed by atoms with Crippen LogP contribution in [0.25, 0.3) is 0 Å². The molecule has 6 nitrogen and oxygen atoms in total. The minimum Gasteiger partial charge on any atom is -0.461 e. The van der Waals surface area contributed by atoms with E-state index in [4.69, 9.17) is 4.74 Å². The first-order chi connectivity index (χ1) is 9.61. The minimum absolute atomic E-state index is 0.0750. The summed E-state index contributed by atoms with van der Waals surface area (Å²) < 4.78 is 4.90. The number of carbonyl (C=O) groups is 2. The quantitative estimate of drug-likeness (QED) is 0.652. The maximum absolute atomic E-state index is 11.7. The summed E-state index contributed by atoms with van der Waals surface area (Å²) in [5, 5.41) is 6.35. The van der Waals surface area contributed by atoms with Gasteiger partial charge in [-0.2, -0.15) is 0 Å². The zero-order valence-electron chi connectivity index (χ0n) is 11.0. The van der Waals surface area contributed by atoms with Crippen molar-refractivity contribution in [3.05, 3.63) is 27.2 Å². The topological polar surface area (TPSA) is 81.2 Å². The molecule has 8 heteroatoms. The molecule has 20 heavy (non-hydrogen) atoms. The van der Waals surface area contributed by atoms with E-state index in [-0.39, 0.29) is 18.1 Å². The van der Waals surface area contributed by atoms with Crippen molar-refractivity contribution in [1.29, 1.82) is 0 Å². The molecule has 0 radical (unpaired) electrons. The van der Waals surface area contributed by atoms with Crippen LogP contribution >= 0.6 is 22.7 Å². The van der Waals surface area contributed by atoms with E-state index in [9.17, 15) is 9.59 Å². The monoisotopic (exact) mass is 311 g/mol. The average Bonchev–Trinajstić information content (AvgIpc) is 3.06. The van der Waals surface area contributed by atoms with Crippen LogP contribution in [0, 0.1) is 0 Å². The molecule has 0 aliphatic rings. The molecule has 0 spiro atoms. The number of carbonyl (C=O) groups excluding carboxylic acids is 2. The van der Waals surface area contributed by atoms with E-state index < -0.39 is 5.97 Å². The molecule has 2 aromatic rings. The van der Waals surface area contributed by atoms with Crippen LogP contribution in [0.15, 0.2) is 11.6 Å². The summed E-state index contributed by atoms with van der Waals surface area (Å²) in [6, 6.07) is 0. The molecule has 0 aliphatic carbocycles. The molecule has 2 aromatic heterocycles. The summed E-state index contributed by atoms with van der Waals surface area (Å²) >= 11 is 2.67. The molecule has 0 fully saturated rings. The molecule has 2 heterocycles. The van der Waals surface area contributed by atoms with Crippen LogP contribution in [0.3, 0.4) is 0 Å². The van der Waals surface area contributed by atoms with Gasteiger partial charge in [-0.1, -0.05) is 11.3 Å². The van der Waals surface area contributed by atoms with Crippen molar-refractivity contribution in [2.75, 3.05) is 11.9 Å². The van der Waals surface area contributed by atoms with Crippen molar-refractivity contribution in [3.63, 3.8) is 0 Å². The van der Waals surface area contributed by atoms with E-state index in [1.807, 2.05) is 5.38 Å². The van der Waals surface area contributed by atoms with E-state index >= 15 is 0 Å². The molecule has 0 atom stereocenters. The number of aromatic nitrogens is 2. The highest BCUT2D eigenvalue weighted by Gasteiger charge is 2.22. The maximum Gasteiger partial charge on any atom is 0.358 e. The molecule has 1 N–H and O–H groups in total. The lowest BCUT2D eigenvalue weighted by molar-refractivity contribution is 0.0517. The van der Waals surface area contributed by atoms with Crippen molar-refractivity contribution in [3.8, 4) is 0 Å². The third-order valence-electron chi connectivity index (χ3n) is 2.29. The number of hydrogen-bond donors (Lipinski definition) is 1. The maximum atomic E-state index is 11.7. The highest BCUT2D eigenvalue weighted by molar-refractivity contribution is 7.17. The van der Waals surface area contributed by atoms with Gasteiger partial charge in [0.15, 0.2) is 16.6 Å². The summed E-state index contributed by atoms with van der Waals surface area (Å²) in [4.78, 5) is 31.9. The molecule has 0 bridgehead atoms. The van der Waals surface area contributed by atoms with Gasteiger partial charge >= 0.3 is 5.97 Å². The summed E-state index contributed by atoms with van der Waals surface area (Å²) in [6.07, 6.45) is 1.72. The van der Waals surface area contributed by atoms with Crippen LogP contribution in [0.2, 0.25) is 0 Å². The first-order valence-electron chi connectivity index (χ1n) is 5.93. The molecule has 0 saturated heterocycles. The van der Waals surface area contributed by atoms with Gasteiger partial charge in [0.25, 0.3) is 0 Å². The molecular formula is C12H13N3O3S2. The third kappa shape index (κ3) is 3.40. The molecule has 0 aromatic carbocycles. The van der Waals surface area contributed by atoms with E-state index in [0.717, 1.165) is 16.3 Å². The van der Waals surface area contributed by atoms with Gasteiger partial charge in [0.05, 0.1) is 13.2 Å². The van der Waals surface area contributed by atoms with Gasteiger partial charge in [-0.05, 0) is 6.92 Å². The Morgan fingerprint density at radius 3 is 2.85 bits per heavy atom. The zero-order valence-corrected chi connectivity index (χ0v) is 12.6. The van der Waals surface area contributed by atoms with Crippen LogP contribution in [0.4, 0.5) is 5.13 Å². The number of rotatable bonds is 6. The lowest BCUT2D eigenvalue weighted by Crippen LogP contribution is -2.09. The van der Waals surface area contributed by atoms with Gasteiger partial charge in [0.2, 0.25) is 0 Å². The fourth-order valence-electron chi connectivity index (χ4n) is 1.46. The second-order valence-electron chi connectivity index (χ2n) is 3.75. The fourth-order valence-corrected chi connectivity index (χ4v) is 2.86. The van der Waals surface area contributed by atoms with Crippen molar-refractivity contribution >= 4 is 39.6 Å². The lowest BCUT2D eigenvalue weighted by atomic mass is 10.3. The second-order valence-corrected chi connectivity index (χ2v) is 5.73. The van der Waals surface area contributed by atoms with Crippen molar-refractivity contribution < 1.29 is 14.3 Å². The van der Waals surface area contributed by atoms with Gasteiger partial charge in [-0.25, -0.2) is 14.8 Å². The van der Waals surface area contributed by atoms with Gasteiger partial charge in [-0.15, -0.1) is 11.3 Å². The Bertz CT molecular complexity index is 608. The SMILES string of the molecule is CCOC(=O)c1nc(NCc2nccs2)sc1C(C)=O. The summed E-state index contributed by atoms with van der Waals surface area (Å²) in [5.74, 6) is -0.774. The van der Waals surface area contributed by atoms with Crippen LogP contribution in [0.5, 0.6) is 0 Å². The summed E-state index contributed by atoms with van der Waals surface area (Å²) in [7, 11) is 0. The Kier molecular flexibility index (Phi) is 4.80. The number of ether oxygens (including phenoxy) is 1. The lowest BCUT2D eigenvalue weighted by Gasteiger charge is -1.99. The Morgan fingerprint density at radius 1 is 1.45 bits per heavy atom. The number of esters is 1. The van der Waals surface area contributed by atoms with Crippen LogP contribution in [-0.4, -0.2) is 28.3 Å². The predicted octanol–water partition coefficient (Wildman–Crippen LogP) is 2.59. The number of nitrogens with one attached hydrogen (secondary N) is 1. The van der Waals surface area contributed by atoms with Crippen molar-refractivity contribution in [1.82, 2.24) is 9.97 Å². The average molecular weight is 311 g/mol. The highest BCUT2D eigenvalue weighted by atomic mass is 32.1. The standard InChI is InChI=1S/C12H13N3O3S2/c1-3-18-11(17)9-10(7(2)16)20-12(15-9)14-6-8-13-4-5-19-8/h4-5H,3,6H2,1-2H3,(H,14,15). The largest absolute Gasteiger partial charge is 0.461 e. The summed E-state index contributed by atoms with van der Waals surface area (Å²) in [6.45, 7) is 3.86. The third-order valence-corrected chi connectivity index (χ3v) is 4.18. The van der Waals surface area contributed by atoms with Crippen LogP contribution in [-0.2, 0) is 11.3 Å². The smallest absolute Gasteiger partial charge is 0.358 e. The number of thiazole rings is 2. The summed E-state index contributed by atoms with van der Waals surface area (Å²) in [5.41, 5.74) is 0.0750. The second kappa shape index (κ2) is 6.58. The number of Topliss-reactive ketones (excluding diaryl/α,β-unsaturated/α-hetero) is 1. The zero-order chi connectivity index (χ0) is 14.5. The van der Waals surface area contributed by atoms with Gasteiger partial charge in [0.1, 0.15) is 9.88 Å². The minimum atomic E-state index is -0.573. The van der Waals surface area contributed by atoms with Crippen molar-refractivity contribution in [2.45, 2.75) is 20.4 Å². The first kappa shape index (κ1) is 14.6. The first-order valence-corrected chi connectivity index (χ1v) is 7.62. The van der Waals surface area contributed by atoms with Crippen LogP contribution in [0.1, 0.15) is 39.0 Å². The van der Waals surface area contributed by atoms with E-state index in [2.05, 4.69) is 15.3 Å².